The van der Waals surface area contributed by atoms with Gasteiger partial charge in [0.15, 0.2) is 5.82 Å². The summed E-state index contributed by atoms with van der Waals surface area (Å²) in [5, 5.41) is 1.03. The van der Waals surface area contributed by atoms with Gasteiger partial charge in [0.25, 0.3) is 0 Å². The van der Waals surface area contributed by atoms with Gasteiger partial charge >= 0.3 is 0 Å². The molecular weight excluding hydrogens is 252 g/mol. The van der Waals surface area contributed by atoms with Gasteiger partial charge < -0.3 is 5.43 Å². The minimum atomic E-state index is 0.880. The van der Waals surface area contributed by atoms with Crippen LogP contribution in [0.25, 0.3) is 17.0 Å². The first-order valence-electron chi connectivity index (χ1n) is 6.06. The topological polar surface area (TPSA) is 75.6 Å². The van der Waals surface area contributed by atoms with Gasteiger partial charge in [-0.1, -0.05) is 0 Å². The Bertz CT molecular complexity index is 675. The summed E-state index contributed by atoms with van der Waals surface area (Å²) in [5.41, 5.74) is 7.76. The Morgan fingerprint density at radius 2 is 1.95 bits per heavy atom. The Kier molecular flexibility index (Phi) is 3.46. The van der Waals surface area contributed by atoms with E-state index in [1.807, 2.05) is 30.5 Å². The molecule has 0 bridgehead atoms. The predicted octanol–water partition coefficient (Wildman–Crippen LogP) is 2.01. The maximum Gasteiger partial charge on any atom is 0.151 e. The van der Waals surface area contributed by atoms with E-state index in [9.17, 15) is 0 Å². The second kappa shape index (κ2) is 5.75. The summed E-state index contributed by atoms with van der Waals surface area (Å²) in [6.07, 6.45) is 12.3. The van der Waals surface area contributed by atoms with Gasteiger partial charge in [0.1, 0.15) is 6.33 Å². The number of anilines is 1. The normalized spacial score (nSPS) is 11.6. The van der Waals surface area contributed by atoms with Crippen LogP contribution >= 0.6 is 0 Å². The Labute approximate surface area is 115 Å². The summed E-state index contributed by atoms with van der Waals surface area (Å²) in [4.78, 5) is 15.9. The monoisotopic (exact) mass is 264 g/mol. The minimum absolute atomic E-state index is 0.880. The van der Waals surface area contributed by atoms with Gasteiger partial charge in [0.2, 0.25) is 0 Å². The highest BCUT2D eigenvalue weighted by Gasteiger charge is 2.00. The van der Waals surface area contributed by atoms with Crippen molar-refractivity contribution in [1.82, 2.24) is 25.4 Å². The van der Waals surface area contributed by atoms with Gasteiger partial charge in [-0.05, 0) is 24.3 Å². The molecule has 1 aliphatic heterocycles. The van der Waals surface area contributed by atoms with Crippen LogP contribution in [0, 0.1) is 0 Å². The molecule has 0 unspecified atom stereocenters. The van der Waals surface area contributed by atoms with E-state index in [-0.39, 0.29) is 0 Å². The van der Waals surface area contributed by atoms with E-state index in [1.165, 1.54) is 6.33 Å². The highest BCUT2D eigenvalue weighted by atomic mass is 15.4. The second-order valence-corrected chi connectivity index (χ2v) is 4.00. The SMILES string of the molecule is C1=Cc2cccnc2NN1.c1cc2cncnc2cn1. The lowest BCUT2D eigenvalue weighted by atomic mass is 10.2. The molecule has 0 atom stereocenters. The molecular formula is C14H12N6. The van der Waals surface area contributed by atoms with Crippen LogP contribution in [0.15, 0.2) is 55.5 Å². The summed E-state index contributed by atoms with van der Waals surface area (Å²) in [6.45, 7) is 0. The van der Waals surface area contributed by atoms with Gasteiger partial charge in [-0.25, -0.2) is 15.0 Å². The van der Waals surface area contributed by atoms with Crippen molar-refractivity contribution in [3.63, 3.8) is 0 Å². The zero-order chi connectivity index (χ0) is 13.6. The number of hydrazine groups is 1. The van der Waals surface area contributed by atoms with Gasteiger partial charge in [0.05, 0.1) is 11.7 Å². The van der Waals surface area contributed by atoms with E-state index in [1.54, 1.807) is 24.8 Å². The summed E-state index contributed by atoms with van der Waals surface area (Å²) in [6, 6.07) is 5.80. The maximum atomic E-state index is 4.09. The molecule has 0 saturated carbocycles. The third-order valence-corrected chi connectivity index (χ3v) is 2.69. The minimum Gasteiger partial charge on any atom is -0.307 e. The zero-order valence-corrected chi connectivity index (χ0v) is 10.6. The van der Waals surface area contributed by atoms with E-state index in [4.69, 9.17) is 0 Å². The van der Waals surface area contributed by atoms with E-state index in [0.29, 0.717) is 0 Å². The number of hydrogen-bond acceptors (Lipinski definition) is 6. The van der Waals surface area contributed by atoms with Crippen molar-refractivity contribution >= 4 is 22.8 Å². The largest absolute Gasteiger partial charge is 0.307 e. The molecule has 3 aromatic heterocycles. The standard InChI is InChI=1S/C7H5N3.C7H7N3/c1-2-8-4-7-6(1)3-9-5-10-7;1-2-6-3-5-9-10-7(6)8-4-1/h1-5H;1-5,9H,(H,8,10). The van der Waals surface area contributed by atoms with Crippen LogP contribution in [0.2, 0.25) is 0 Å². The number of pyridine rings is 2. The van der Waals surface area contributed by atoms with E-state index in [0.717, 1.165) is 22.3 Å². The van der Waals surface area contributed by atoms with Crippen molar-refractivity contribution in [3.05, 3.63) is 61.1 Å². The molecule has 0 radical (unpaired) electrons. The first-order valence-corrected chi connectivity index (χ1v) is 6.06. The molecule has 3 aromatic rings. The molecule has 20 heavy (non-hydrogen) atoms. The van der Waals surface area contributed by atoms with Crippen molar-refractivity contribution in [3.8, 4) is 0 Å². The molecule has 0 aromatic carbocycles. The third kappa shape index (κ3) is 2.69. The molecule has 0 amide bonds. The molecule has 4 rings (SSSR count). The van der Waals surface area contributed by atoms with Crippen LogP contribution < -0.4 is 10.9 Å². The molecule has 2 N–H and O–H groups in total. The average molecular weight is 264 g/mol. The van der Waals surface area contributed by atoms with Crippen LogP contribution in [0.3, 0.4) is 0 Å². The second-order valence-electron chi connectivity index (χ2n) is 4.00. The van der Waals surface area contributed by atoms with Crippen LogP contribution in [-0.4, -0.2) is 19.9 Å². The third-order valence-electron chi connectivity index (χ3n) is 2.69. The molecule has 6 nitrogen and oxygen atoms in total. The number of aromatic nitrogens is 4. The lowest BCUT2D eigenvalue weighted by Crippen LogP contribution is -2.18. The lowest BCUT2D eigenvalue weighted by Gasteiger charge is -2.11. The number of nitrogens with one attached hydrogen (secondary N) is 2. The van der Waals surface area contributed by atoms with Crippen LogP contribution in [0.4, 0.5) is 5.82 Å². The molecule has 0 saturated heterocycles. The highest BCUT2D eigenvalue weighted by molar-refractivity contribution is 5.75. The number of fused-ring (bicyclic) bond motifs is 2. The highest BCUT2D eigenvalue weighted by Crippen LogP contribution is 2.13. The summed E-state index contributed by atoms with van der Waals surface area (Å²) in [5.74, 6) is 0.880. The fraction of sp³-hybridized carbons (Fsp3) is 0. The fourth-order valence-corrected chi connectivity index (χ4v) is 1.72. The molecule has 1 aliphatic rings. The van der Waals surface area contributed by atoms with Crippen molar-refractivity contribution in [1.29, 1.82) is 0 Å². The van der Waals surface area contributed by atoms with Gasteiger partial charge in [-0.15, -0.1) is 0 Å². The molecule has 98 valence electrons. The first kappa shape index (κ1) is 12.0. The Balaban J connectivity index is 0.000000121. The fourth-order valence-electron chi connectivity index (χ4n) is 1.72. The zero-order valence-electron chi connectivity index (χ0n) is 10.6. The Morgan fingerprint density at radius 3 is 2.85 bits per heavy atom. The van der Waals surface area contributed by atoms with E-state index in [2.05, 4.69) is 30.8 Å². The van der Waals surface area contributed by atoms with Crippen LogP contribution in [0.1, 0.15) is 5.56 Å². The maximum absolute atomic E-state index is 4.09. The Hall–Kier alpha value is -3.02. The smallest absolute Gasteiger partial charge is 0.151 e. The van der Waals surface area contributed by atoms with Crippen LogP contribution in [0.5, 0.6) is 0 Å². The van der Waals surface area contributed by atoms with Crippen molar-refractivity contribution in [2.75, 3.05) is 5.43 Å². The van der Waals surface area contributed by atoms with Crippen molar-refractivity contribution < 1.29 is 0 Å². The van der Waals surface area contributed by atoms with Gasteiger partial charge in [-0.2, -0.15) is 0 Å². The van der Waals surface area contributed by atoms with Gasteiger partial charge in [-0.3, -0.25) is 10.4 Å². The average Bonchev–Trinajstić information content (AvgIpc) is 2.56. The molecule has 0 fully saturated rings. The van der Waals surface area contributed by atoms with E-state index < -0.39 is 0 Å². The molecule has 6 heteroatoms. The van der Waals surface area contributed by atoms with Crippen molar-refractivity contribution in [2.24, 2.45) is 0 Å². The first-order chi connectivity index (χ1) is 9.93. The van der Waals surface area contributed by atoms with E-state index >= 15 is 0 Å². The summed E-state index contributed by atoms with van der Waals surface area (Å²) >= 11 is 0. The predicted molar refractivity (Wildman–Crippen MR) is 77.4 cm³/mol. The summed E-state index contributed by atoms with van der Waals surface area (Å²) < 4.78 is 0. The molecule has 0 spiro atoms. The number of nitrogens with zero attached hydrogens (tertiary/aromatic N) is 4. The van der Waals surface area contributed by atoms with Crippen molar-refractivity contribution in [2.45, 2.75) is 0 Å². The number of hydrogen-bond donors (Lipinski definition) is 2. The quantitative estimate of drug-likeness (QED) is 0.647. The van der Waals surface area contributed by atoms with Crippen LogP contribution in [-0.2, 0) is 0 Å². The summed E-state index contributed by atoms with van der Waals surface area (Å²) in [7, 11) is 0. The Morgan fingerprint density at radius 1 is 0.950 bits per heavy atom. The number of rotatable bonds is 0. The lowest BCUT2D eigenvalue weighted by molar-refractivity contribution is 1.02. The molecule has 4 heterocycles. The molecule has 0 aliphatic carbocycles. The van der Waals surface area contributed by atoms with Gasteiger partial charge in [0, 0.05) is 35.7 Å².